The number of hydrogen-bond acceptors (Lipinski definition) is 20. The van der Waals surface area contributed by atoms with Crippen LogP contribution in [0, 0.1) is 22.7 Å². The molecule has 0 spiro atoms. The molecule has 4 saturated carbocycles. The molecule has 4 aliphatic carbocycles. The summed E-state index contributed by atoms with van der Waals surface area (Å²) < 4.78 is 85.2. The normalized spacial score (nSPS) is 21.7. The number of fused-ring (bicyclic) bond motifs is 2. The number of allylic oxidation sites excluding steroid dienone is 2. The fourth-order valence-corrected chi connectivity index (χ4v) is 17.3. The molecular formula is C89H112N10O19S2. The second-order valence-electron chi connectivity index (χ2n) is 34.4. The number of likely N-dealkylation sites (tertiary alicyclic amines) is 2. The van der Waals surface area contributed by atoms with Crippen molar-refractivity contribution in [2.75, 3.05) is 27.3 Å². The van der Waals surface area contributed by atoms with Gasteiger partial charge in [0.1, 0.15) is 76.1 Å². The number of carbonyl (C=O) groups excluding carboxylic acids is 8. The van der Waals surface area contributed by atoms with Crippen LogP contribution in [-0.4, -0.2) is 186 Å². The zero-order valence-corrected chi connectivity index (χ0v) is 71.7. The lowest BCUT2D eigenvalue weighted by atomic mass is 9.85. The van der Waals surface area contributed by atoms with E-state index in [1.807, 2.05) is 106 Å². The number of ether oxygens (including phenoxy) is 5. The van der Waals surface area contributed by atoms with Crippen molar-refractivity contribution >= 4 is 95.3 Å². The summed E-state index contributed by atoms with van der Waals surface area (Å²) in [6.07, 6.45) is 9.53. The van der Waals surface area contributed by atoms with Crippen LogP contribution in [0.5, 0.6) is 23.0 Å². The van der Waals surface area contributed by atoms with Gasteiger partial charge in [0.25, 0.3) is 11.8 Å². The molecule has 2 aromatic heterocycles. The average molecular weight is 1690 g/mol. The molecule has 4 heterocycles. The summed E-state index contributed by atoms with van der Waals surface area (Å²) in [5.74, 6) is -4.00. The van der Waals surface area contributed by atoms with Crippen molar-refractivity contribution in [2.24, 2.45) is 22.7 Å². The number of benzene rings is 4. The summed E-state index contributed by atoms with van der Waals surface area (Å²) >= 11 is 0. The molecule has 31 heteroatoms. The van der Waals surface area contributed by atoms with Crippen molar-refractivity contribution in [1.82, 2.24) is 50.5 Å². The van der Waals surface area contributed by atoms with Gasteiger partial charge in [-0.15, -0.1) is 26.3 Å². The van der Waals surface area contributed by atoms with Gasteiger partial charge in [0.15, 0.2) is 0 Å². The van der Waals surface area contributed by atoms with Crippen LogP contribution in [0.3, 0.4) is 0 Å². The number of pyridine rings is 2. The molecule has 2 aliphatic heterocycles. The van der Waals surface area contributed by atoms with Gasteiger partial charge in [0.05, 0.1) is 60.2 Å². The molecule has 6 fully saturated rings. The van der Waals surface area contributed by atoms with Gasteiger partial charge >= 0.3 is 12.1 Å². The number of carboxylic acids is 1. The number of amides is 8. The van der Waals surface area contributed by atoms with E-state index in [1.54, 1.807) is 92.2 Å². The molecule has 7 N–H and O–H groups in total. The minimum absolute atomic E-state index is 0.0122. The Morgan fingerprint density at radius 2 is 0.942 bits per heavy atom. The Morgan fingerprint density at radius 1 is 0.550 bits per heavy atom. The van der Waals surface area contributed by atoms with Crippen molar-refractivity contribution in [3.05, 3.63) is 160 Å². The molecule has 0 radical (unpaired) electrons. The van der Waals surface area contributed by atoms with Crippen LogP contribution < -0.4 is 49.7 Å². The first-order valence-corrected chi connectivity index (χ1v) is 43.5. The van der Waals surface area contributed by atoms with Crippen LogP contribution in [0.15, 0.2) is 160 Å². The highest BCUT2D eigenvalue weighted by atomic mass is 32.2. The molecule has 120 heavy (non-hydrogen) atoms. The van der Waals surface area contributed by atoms with Crippen molar-refractivity contribution in [2.45, 2.75) is 216 Å². The molecule has 2 saturated heterocycles. The highest BCUT2D eigenvalue weighted by Crippen LogP contribution is 2.48. The first-order valence-electron chi connectivity index (χ1n) is 40.4. The van der Waals surface area contributed by atoms with Crippen LogP contribution >= 0.6 is 0 Å². The number of carbonyl (C=O) groups is 9. The smallest absolute Gasteiger partial charge is 0.408 e. The molecule has 6 aliphatic rings. The number of nitrogens with one attached hydrogen (secondary N) is 6. The highest BCUT2D eigenvalue weighted by molar-refractivity contribution is 7.91. The number of aliphatic carboxylic acids is 1. The number of hydrogen-bond donors (Lipinski definition) is 7. The summed E-state index contributed by atoms with van der Waals surface area (Å²) in [6, 6.07) is 29.2. The summed E-state index contributed by atoms with van der Waals surface area (Å²) in [5, 5.41) is 19.5. The monoisotopic (exact) mass is 1690 g/mol. The minimum Gasteiger partial charge on any atom is -0.497 e. The lowest BCUT2D eigenvalue weighted by Gasteiger charge is -2.36. The Balaban J connectivity index is 0.000000231. The largest absolute Gasteiger partial charge is 0.497 e. The van der Waals surface area contributed by atoms with Gasteiger partial charge in [-0.1, -0.05) is 127 Å². The van der Waals surface area contributed by atoms with E-state index < -0.39 is 154 Å². The summed E-state index contributed by atoms with van der Waals surface area (Å²) in [6.45, 7) is 30.7. The number of rotatable bonds is 32. The lowest BCUT2D eigenvalue weighted by Crippen LogP contribution is -2.60. The van der Waals surface area contributed by atoms with Crippen molar-refractivity contribution < 1.29 is 88.8 Å². The van der Waals surface area contributed by atoms with Crippen LogP contribution in [0.25, 0.3) is 44.3 Å². The fraction of sp³-hybridized carbons (Fsp3) is 0.472. The Labute approximate surface area is 701 Å². The predicted octanol–water partition coefficient (Wildman–Crippen LogP) is 11.1. The number of alkyl carbamates (subject to hydrolysis) is 1. The van der Waals surface area contributed by atoms with E-state index in [2.05, 4.69) is 57.0 Å². The topological polar surface area (TPSA) is 393 Å². The average Bonchev–Trinajstić information content (AvgIpc) is 1.57. The van der Waals surface area contributed by atoms with Gasteiger partial charge in [-0.05, 0) is 120 Å². The van der Waals surface area contributed by atoms with E-state index in [0.29, 0.717) is 101 Å². The summed E-state index contributed by atoms with van der Waals surface area (Å²) in [7, 11) is -4.69. The first-order chi connectivity index (χ1) is 56.6. The van der Waals surface area contributed by atoms with Crippen LogP contribution in [-0.2, 0) is 63.1 Å². The maximum Gasteiger partial charge on any atom is 0.408 e. The minimum atomic E-state index is -3.92. The Morgan fingerprint density at radius 3 is 1.28 bits per heavy atom. The highest BCUT2D eigenvalue weighted by Gasteiger charge is 2.64. The van der Waals surface area contributed by atoms with Gasteiger partial charge in [-0.2, -0.15) is 0 Å². The van der Waals surface area contributed by atoms with E-state index in [1.165, 1.54) is 22.0 Å². The number of nitrogens with zero attached hydrogens (tertiary/aromatic N) is 4. The van der Waals surface area contributed by atoms with Gasteiger partial charge < -0.3 is 59.9 Å². The van der Waals surface area contributed by atoms with Crippen molar-refractivity contribution in [3.63, 3.8) is 0 Å². The molecular weight excluding hydrogens is 1580 g/mol. The molecule has 4 unspecified atom stereocenters. The Kier molecular flexibility index (Phi) is 28.6. The van der Waals surface area contributed by atoms with Crippen LogP contribution in [0.4, 0.5) is 4.79 Å². The Hall–Kier alpha value is -11.2. The molecule has 29 nitrogen and oxygen atoms in total. The first kappa shape index (κ1) is 91.1. The lowest BCUT2D eigenvalue weighted by molar-refractivity contribution is -0.144. The third-order valence-electron chi connectivity index (χ3n) is 21.7. The number of unbranched alkanes of at least 4 members (excludes halogenated alkanes) is 2. The SMILES string of the molecule is C=CC1CC1(NC(=O)[C@@H]1C[C@@H](Oc2cc(-c3ccccc3)nc3cc(OC)ccc23)CN1C(=O)[C@@H](NC(=O)OC(C)(C)C)C(C)(C)C)C(=O)NS(=O)(=O)C1CC1.C=CCCCC(=O)N[C@H](C(=O)N1C[C@H](Oc2cc(-c3ccccc3)nc3cc(OC)ccc23)C[C@H]1C(=O)NC1(C(=O)NS(=O)(=O)C2CC2)CC1C=C)C(C)(C)C.C=CCCCC(=O)O. The Bertz CT molecular complexity index is 5120. The molecule has 644 valence electrons. The van der Waals surface area contributed by atoms with E-state index in [4.69, 9.17) is 38.8 Å². The molecule has 4 aromatic carbocycles. The van der Waals surface area contributed by atoms with Gasteiger partial charge in [-0.25, -0.2) is 31.6 Å². The van der Waals surface area contributed by atoms with Crippen LogP contribution in [0.2, 0.25) is 0 Å². The van der Waals surface area contributed by atoms with Crippen molar-refractivity contribution in [3.8, 4) is 45.5 Å². The maximum absolute atomic E-state index is 14.7. The maximum atomic E-state index is 14.7. The van der Waals surface area contributed by atoms with E-state index in [0.717, 1.165) is 17.5 Å². The number of methoxy groups -OCH3 is 2. The van der Waals surface area contributed by atoms with Crippen molar-refractivity contribution in [1.29, 1.82) is 0 Å². The summed E-state index contributed by atoms with van der Waals surface area (Å²) in [5.41, 5.74) is -1.35. The summed E-state index contributed by atoms with van der Waals surface area (Å²) in [4.78, 5) is 134. The second kappa shape index (κ2) is 37.6. The number of sulfonamides is 2. The molecule has 0 bridgehead atoms. The predicted molar refractivity (Wildman–Crippen MR) is 455 cm³/mol. The van der Waals surface area contributed by atoms with Gasteiger partial charge in [0, 0.05) is 83.7 Å². The van der Waals surface area contributed by atoms with Gasteiger partial charge in [0.2, 0.25) is 49.6 Å². The van der Waals surface area contributed by atoms with Crippen LogP contribution in [0.1, 0.15) is 152 Å². The molecule has 10 atom stereocenters. The number of carboxylic acid groups (broad SMARTS) is 1. The number of aromatic nitrogens is 2. The quantitative estimate of drug-likeness (QED) is 0.0152. The molecule has 6 aromatic rings. The zero-order valence-electron chi connectivity index (χ0n) is 70.0. The standard InChI is InChI=1S/C42H51N5O8S.C41H51N5O9S.C6H10O2/c1-7-9-11-16-36(48)44-37(41(3,4)5)39(50)47-25-29(22-34(47)38(49)45-42(24-27(42)8-2)40(51)46-56(52,53)30-18-19-30)55-35-23-32(26-14-12-10-13-15-26)43-33-21-28(54-6)17-20-31(33)35;1-9-25-22-41(25,37(49)45-56(51,52)28-16-17-28)44-35(47)32-20-27(23-46(32)36(48)34(39(2,3)4)43-38(50)55-40(5,6)7)54-33-21-30(24-13-11-10-12-14-24)42-31-19-26(53-8)15-18-29(31)33;1-2-3-4-5-6(7)8/h7-8,10,12-15,17,20-21,23,27,29-30,34,37H,1-2,9,11,16,18-19,22,24-25H2,3-6H3,(H,44,48)(H,45,49)(H,46,51);9-15,18-19,21,25,27-28,32,34H,1,16-17,20,22-23H2,2-8H3,(H,43,50)(H,44,47)(H,45,49);2H,1,3-5H2,(H,7,8)/t27?,29-,34+,37-,42?;25?,27-,32+,34-,41?;/m11./s1. The molecule has 8 amide bonds. The molecule has 12 rings (SSSR count). The van der Waals surface area contributed by atoms with E-state index in [-0.39, 0.29) is 57.5 Å². The third-order valence-corrected chi connectivity index (χ3v) is 25.3. The second-order valence-corrected chi connectivity index (χ2v) is 38.3. The van der Waals surface area contributed by atoms with E-state index in [9.17, 15) is 60.0 Å². The zero-order chi connectivity index (χ0) is 87.6. The third kappa shape index (κ3) is 22.6. The van der Waals surface area contributed by atoms with E-state index >= 15 is 0 Å². The van der Waals surface area contributed by atoms with Gasteiger partial charge in [-0.3, -0.25) is 47.8 Å². The fourth-order valence-electron chi connectivity index (χ4n) is 14.6.